The van der Waals surface area contributed by atoms with Gasteiger partial charge in [0.05, 0.1) is 12.7 Å². The Morgan fingerprint density at radius 3 is 2.30 bits per heavy atom. The average Bonchev–Trinajstić information content (AvgIpc) is 2.13. The molecule has 0 radical (unpaired) electrons. The topological polar surface area (TPSA) is 18.5 Å². The van der Waals surface area contributed by atoms with E-state index in [1.165, 1.54) is 0 Å². The Kier molecular flexibility index (Phi) is 2.02. The molecule has 0 bridgehead atoms. The lowest BCUT2D eigenvalue weighted by Crippen LogP contribution is -2.32. The lowest BCUT2D eigenvalue weighted by atomic mass is 10.1. The molecule has 60 valence electrons. The maximum Gasteiger partial charge on any atom is 0.168 e. The lowest BCUT2D eigenvalue weighted by molar-refractivity contribution is -0.181. The standard InChI is InChI=1S/C8H16O2/c1-6(2)8(4)9-5-7(3)10-8/h6-7H,5H2,1-4H3/t7?,8-/m0/s1. The highest BCUT2D eigenvalue weighted by Gasteiger charge is 2.37. The Morgan fingerprint density at radius 1 is 1.50 bits per heavy atom. The SMILES string of the molecule is CC1CO[C@](C)(C(C)C)O1. The summed E-state index contributed by atoms with van der Waals surface area (Å²) in [5, 5.41) is 0. The molecule has 1 aliphatic rings. The van der Waals surface area contributed by atoms with Gasteiger partial charge in [0.15, 0.2) is 5.79 Å². The molecular weight excluding hydrogens is 128 g/mol. The van der Waals surface area contributed by atoms with Crippen LogP contribution in [-0.2, 0) is 9.47 Å². The zero-order chi connectivity index (χ0) is 7.78. The van der Waals surface area contributed by atoms with E-state index >= 15 is 0 Å². The van der Waals surface area contributed by atoms with Gasteiger partial charge in [0.25, 0.3) is 0 Å². The minimum absolute atomic E-state index is 0.257. The van der Waals surface area contributed by atoms with Gasteiger partial charge in [-0.05, 0) is 13.8 Å². The van der Waals surface area contributed by atoms with Crippen molar-refractivity contribution >= 4 is 0 Å². The number of hydrogen-bond acceptors (Lipinski definition) is 2. The van der Waals surface area contributed by atoms with Gasteiger partial charge >= 0.3 is 0 Å². The molecule has 1 heterocycles. The van der Waals surface area contributed by atoms with E-state index in [0.717, 1.165) is 6.61 Å². The second kappa shape index (κ2) is 2.51. The third-order valence-electron chi connectivity index (χ3n) is 2.09. The van der Waals surface area contributed by atoms with E-state index in [1.54, 1.807) is 0 Å². The van der Waals surface area contributed by atoms with Gasteiger partial charge in [-0.15, -0.1) is 0 Å². The van der Waals surface area contributed by atoms with Crippen molar-refractivity contribution in [2.45, 2.75) is 39.6 Å². The second-order valence-corrected chi connectivity index (χ2v) is 3.41. The van der Waals surface area contributed by atoms with Crippen LogP contribution in [0.4, 0.5) is 0 Å². The Labute approximate surface area is 62.5 Å². The third kappa shape index (κ3) is 1.32. The summed E-state index contributed by atoms with van der Waals surface area (Å²) in [6.07, 6.45) is 0.257. The molecule has 0 aliphatic carbocycles. The largest absolute Gasteiger partial charge is 0.347 e. The molecule has 0 aromatic carbocycles. The fraction of sp³-hybridized carbons (Fsp3) is 1.00. The van der Waals surface area contributed by atoms with Gasteiger partial charge < -0.3 is 9.47 Å². The van der Waals surface area contributed by atoms with Crippen LogP contribution in [0.2, 0.25) is 0 Å². The number of hydrogen-bond donors (Lipinski definition) is 0. The van der Waals surface area contributed by atoms with Gasteiger partial charge in [-0.1, -0.05) is 13.8 Å². The molecule has 0 saturated carbocycles. The molecule has 0 aromatic rings. The molecule has 1 aliphatic heterocycles. The van der Waals surface area contributed by atoms with E-state index in [1.807, 2.05) is 13.8 Å². The van der Waals surface area contributed by atoms with E-state index in [0.29, 0.717) is 5.92 Å². The van der Waals surface area contributed by atoms with E-state index in [4.69, 9.17) is 9.47 Å². The van der Waals surface area contributed by atoms with Crippen LogP contribution in [0.3, 0.4) is 0 Å². The monoisotopic (exact) mass is 144 g/mol. The molecule has 2 nitrogen and oxygen atoms in total. The van der Waals surface area contributed by atoms with Gasteiger partial charge in [0, 0.05) is 5.92 Å². The summed E-state index contributed by atoms with van der Waals surface area (Å²) in [5.74, 6) is 0.0943. The van der Waals surface area contributed by atoms with Crippen molar-refractivity contribution in [2.24, 2.45) is 5.92 Å². The van der Waals surface area contributed by atoms with Gasteiger partial charge in [-0.2, -0.15) is 0 Å². The molecule has 1 saturated heterocycles. The molecule has 10 heavy (non-hydrogen) atoms. The Hall–Kier alpha value is -0.0800. The Morgan fingerprint density at radius 2 is 2.10 bits per heavy atom. The van der Waals surface area contributed by atoms with Crippen molar-refractivity contribution in [3.05, 3.63) is 0 Å². The first-order chi connectivity index (χ1) is 4.54. The molecule has 1 fully saturated rings. The smallest absolute Gasteiger partial charge is 0.168 e. The predicted molar refractivity (Wildman–Crippen MR) is 39.7 cm³/mol. The highest BCUT2D eigenvalue weighted by Crippen LogP contribution is 2.29. The molecule has 0 amide bonds. The van der Waals surface area contributed by atoms with Crippen molar-refractivity contribution in [1.82, 2.24) is 0 Å². The molecular formula is C8H16O2. The molecule has 1 rings (SSSR count). The second-order valence-electron chi connectivity index (χ2n) is 3.41. The minimum Gasteiger partial charge on any atom is -0.347 e. The van der Waals surface area contributed by atoms with Gasteiger partial charge in [0.1, 0.15) is 0 Å². The van der Waals surface area contributed by atoms with Gasteiger partial charge in [-0.25, -0.2) is 0 Å². The zero-order valence-corrected chi connectivity index (χ0v) is 7.18. The summed E-state index contributed by atoms with van der Waals surface area (Å²) in [4.78, 5) is 0. The summed E-state index contributed by atoms with van der Waals surface area (Å²) in [7, 11) is 0. The van der Waals surface area contributed by atoms with Gasteiger partial charge in [-0.3, -0.25) is 0 Å². The molecule has 2 heteroatoms. The van der Waals surface area contributed by atoms with Crippen LogP contribution in [0.5, 0.6) is 0 Å². The third-order valence-corrected chi connectivity index (χ3v) is 2.09. The maximum atomic E-state index is 5.59. The number of ether oxygens (including phenoxy) is 2. The summed E-state index contributed by atoms with van der Waals surface area (Å²) < 4.78 is 11.1. The molecule has 0 spiro atoms. The van der Waals surface area contributed by atoms with Crippen LogP contribution in [0.15, 0.2) is 0 Å². The van der Waals surface area contributed by atoms with Crippen molar-refractivity contribution in [3.8, 4) is 0 Å². The van der Waals surface area contributed by atoms with E-state index < -0.39 is 0 Å². The first kappa shape index (κ1) is 8.02. The molecule has 0 N–H and O–H groups in total. The highest BCUT2D eigenvalue weighted by molar-refractivity contribution is 4.75. The van der Waals surface area contributed by atoms with Crippen molar-refractivity contribution in [1.29, 1.82) is 0 Å². The van der Waals surface area contributed by atoms with Crippen LogP contribution >= 0.6 is 0 Å². The first-order valence-electron chi connectivity index (χ1n) is 3.86. The zero-order valence-electron chi connectivity index (χ0n) is 7.18. The lowest BCUT2D eigenvalue weighted by Gasteiger charge is -2.26. The Bertz CT molecular complexity index is 122. The Balaban J connectivity index is 2.54. The average molecular weight is 144 g/mol. The minimum atomic E-state index is -0.334. The fourth-order valence-corrected chi connectivity index (χ4v) is 1.05. The highest BCUT2D eigenvalue weighted by atomic mass is 16.7. The van der Waals surface area contributed by atoms with Gasteiger partial charge in [0.2, 0.25) is 0 Å². The maximum absolute atomic E-state index is 5.59. The first-order valence-corrected chi connectivity index (χ1v) is 3.86. The van der Waals surface area contributed by atoms with Crippen LogP contribution < -0.4 is 0 Å². The number of rotatable bonds is 1. The van der Waals surface area contributed by atoms with Crippen molar-refractivity contribution in [3.63, 3.8) is 0 Å². The van der Waals surface area contributed by atoms with Crippen LogP contribution in [-0.4, -0.2) is 18.5 Å². The summed E-state index contributed by atoms with van der Waals surface area (Å²) in [6.45, 7) is 8.99. The van der Waals surface area contributed by atoms with Crippen LogP contribution in [0, 0.1) is 5.92 Å². The van der Waals surface area contributed by atoms with E-state index in [9.17, 15) is 0 Å². The summed E-state index contributed by atoms with van der Waals surface area (Å²) >= 11 is 0. The fourth-order valence-electron chi connectivity index (χ4n) is 1.05. The van der Waals surface area contributed by atoms with Crippen LogP contribution in [0.25, 0.3) is 0 Å². The summed E-state index contributed by atoms with van der Waals surface area (Å²) in [6, 6.07) is 0. The predicted octanol–water partition coefficient (Wildman–Crippen LogP) is 1.79. The quantitative estimate of drug-likeness (QED) is 0.558. The normalized spacial score (nSPS) is 41.1. The van der Waals surface area contributed by atoms with E-state index in [2.05, 4.69) is 13.8 Å². The van der Waals surface area contributed by atoms with Crippen molar-refractivity contribution in [2.75, 3.05) is 6.61 Å². The molecule has 1 unspecified atom stereocenters. The molecule has 2 atom stereocenters. The summed E-state index contributed by atoms with van der Waals surface area (Å²) in [5.41, 5.74) is 0. The molecule has 0 aromatic heterocycles. The van der Waals surface area contributed by atoms with Crippen molar-refractivity contribution < 1.29 is 9.47 Å². The van der Waals surface area contributed by atoms with Crippen LogP contribution in [0.1, 0.15) is 27.7 Å². The van der Waals surface area contributed by atoms with E-state index in [-0.39, 0.29) is 11.9 Å².